The van der Waals surface area contributed by atoms with Crippen molar-refractivity contribution in [3.8, 4) is 5.75 Å². The Morgan fingerprint density at radius 3 is 2.22 bits per heavy atom. The zero-order chi connectivity index (χ0) is 16.1. The van der Waals surface area contributed by atoms with Crippen molar-refractivity contribution in [2.45, 2.75) is 13.5 Å². The van der Waals surface area contributed by atoms with Crippen LogP contribution in [0.15, 0.2) is 42.5 Å². The predicted octanol–water partition coefficient (Wildman–Crippen LogP) is 2.01. The van der Waals surface area contributed by atoms with Crippen LogP contribution in [0.25, 0.3) is 0 Å². The first-order valence-electron chi connectivity index (χ1n) is 6.73. The van der Waals surface area contributed by atoms with Gasteiger partial charge in [0.05, 0.1) is 23.9 Å². The van der Waals surface area contributed by atoms with E-state index in [4.69, 9.17) is 10.5 Å². The molecule has 0 atom stereocenters. The summed E-state index contributed by atoms with van der Waals surface area (Å²) < 4.78 is 10.4. The van der Waals surface area contributed by atoms with Crippen molar-refractivity contribution < 1.29 is 24.5 Å². The molecular weight excluding hydrogens is 298 g/mol. The topological polar surface area (TPSA) is 110 Å². The number of Topliss-reactive ketones (excluding diaryl/α,β-unsaturated/α-hetero) is 1. The van der Waals surface area contributed by atoms with Crippen LogP contribution in [-0.4, -0.2) is 24.3 Å². The molecule has 0 aliphatic heterocycles. The molecule has 0 aliphatic rings. The molecule has 6 heteroatoms. The number of nitrogens with two attached hydrogens (primary N) is 1. The second-order valence-electron chi connectivity index (χ2n) is 4.73. The smallest absolute Gasteiger partial charge is 0.340 e. The highest BCUT2D eigenvalue weighted by molar-refractivity contribution is 6.03. The summed E-state index contributed by atoms with van der Waals surface area (Å²) in [5.41, 5.74) is 7.53. The molecule has 0 saturated carbocycles. The van der Waals surface area contributed by atoms with Gasteiger partial charge in [-0.05, 0) is 24.6 Å². The number of esters is 1. The zero-order valence-corrected chi connectivity index (χ0v) is 13.0. The second kappa shape index (κ2) is 7.95. The molecule has 0 aromatic heterocycles. The van der Waals surface area contributed by atoms with Crippen LogP contribution in [0.2, 0.25) is 0 Å². The number of hydrogen-bond donors (Lipinski definition) is 1. The molecule has 0 saturated heterocycles. The Bertz CT molecular complexity index is 698. The van der Waals surface area contributed by atoms with Crippen LogP contribution >= 0.6 is 0 Å². The van der Waals surface area contributed by atoms with E-state index in [1.54, 1.807) is 0 Å². The number of nitrogen functional groups attached to an aromatic ring is 1. The highest BCUT2D eigenvalue weighted by Gasteiger charge is 2.19. The van der Waals surface area contributed by atoms with Crippen LogP contribution in [-0.2, 0) is 11.3 Å². The number of ketones is 1. The largest absolute Gasteiger partial charge is 0.486 e. The molecule has 0 heterocycles. The minimum absolute atomic E-state index is 0. The first kappa shape index (κ1) is 18.2. The van der Waals surface area contributed by atoms with Crippen LogP contribution in [0, 0.1) is 0 Å². The monoisotopic (exact) mass is 317 g/mol. The number of ether oxygens (including phenoxy) is 2. The fraction of sp³-hybridized carbons (Fsp3) is 0.176. The summed E-state index contributed by atoms with van der Waals surface area (Å²) in [6.07, 6.45) is 0. The number of carbonyl (C=O) groups is 2. The Morgan fingerprint density at radius 1 is 1.04 bits per heavy atom. The highest BCUT2D eigenvalue weighted by Crippen LogP contribution is 2.31. The Morgan fingerprint density at radius 2 is 1.65 bits per heavy atom. The number of hydrogen-bond acceptors (Lipinski definition) is 5. The molecule has 2 aromatic carbocycles. The van der Waals surface area contributed by atoms with Crippen molar-refractivity contribution in [1.82, 2.24) is 0 Å². The van der Waals surface area contributed by atoms with Crippen LogP contribution in [0.5, 0.6) is 5.75 Å². The summed E-state index contributed by atoms with van der Waals surface area (Å²) in [6, 6.07) is 12.5. The van der Waals surface area contributed by atoms with Gasteiger partial charge in [-0.1, -0.05) is 30.3 Å². The van der Waals surface area contributed by atoms with E-state index in [1.165, 1.54) is 26.2 Å². The fourth-order valence-corrected chi connectivity index (χ4v) is 2.05. The van der Waals surface area contributed by atoms with E-state index >= 15 is 0 Å². The summed E-state index contributed by atoms with van der Waals surface area (Å²) in [5, 5.41) is 0. The first-order valence-corrected chi connectivity index (χ1v) is 6.73. The number of benzene rings is 2. The molecule has 0 spiro atoms. The molecular formula is C17H19NO5. The third-order valence-corrected chi connectivity index (χ3v) is 3.21. The molecule has 0 aliphatic carbocycles. The molecule has 0 fully saturated rings. The number of rotatable bonds is 5. The minimum Gasteiger partial charge on any atom is -0.486 e. The molecule has 0 bridgehead atoms. The number of carbonyl (C=O) groups excluding carboxylic acids is 2. The van der Waals surface area contributed by atoms with Crippen molar-refractivity contribution >= 4 is 17.4 Å². The van der Waals surface area contributed by atoms with Crippen molar-refractivity contribution in [2.24, 2.45) is 0 Å². The third kappa shape index (κ3) is 4.08. The van der Waals surface area contributed by atoms with Gasteiger partial charge >= 0.3 is 5.97 Å². The first-order chi connectivity index (χ1) is 10.5. The maximum absolute atomic E-state index is 11.7. The number of anilines is 1. The normalized spacial score (nSPS) is 9.65. The molecule has 0 unspecified atom stereocenters. The predicted molar refractivity (Wildman–Crippen MR) is 86.6 cm³/mol. The van der Waals surface area contributed by atoms with Gasteiger partial charge in [0, 0.05) is 0 Å². The Hall–Kier alpha value is -2.86. The molecule has 4 N–H and O–H groups in total. The Kier molecular flexibility index (Phi) is 6.29. The van der Waals surface area contributed by atoms with Gasteiger partial charge in [-0.2, -0.15) is 0 Å². The van der Waals surface area contributed by atoms with Gasteiger partial charge in [0.2, 0.25) is 0 Å². The molecule has 2 aromatic rings. The van der Waals surface area contributed by atoms with E-state index in [9.17, 15) is 9.59 Å². The summed E-state index contributed by atoms with van der Waals surface area (Å²) in [6.45, 7) is 1.66. The van der Waals surface area contributed by atoms with Gasteiger partial charge in [-0.3, -0.25) is 4.79 Å². The standard InChI is InChI=1S/C17H17NO4.H2O/c1-11(19)13-8-9-14(17(20)21-2)15(18)16(13)22-10-12-6-4-3-5-7-12;/h3-9H,10,18H2,1-2H3;1H2. The van der Waals surface area contributed by atoms with E-state index in [0.29, 0.717) is 5.56 Å². The van der Waals surface area contributed by atoms with E-state index in [1.807, 2.05) is 30.3 Å². The van der Waals surface area contributed by atoms with Crippen molar-refractivity contribution in [3.05, 3.63) is 59.2 Å². The summed E-state index contributed by atoms with van der Waals surface area (Å²) in [7, 11) is 1.27. The van der Waals surface area contributed by atoms with Gasteiger partial charge < -0.3 is 20.7 Å². The van der Waals surface area contributed by atoms with E-state index in [2.05, 4.69) is 4.74 Å². The van der Waals surface area contributed by atoms with Crippen LogP contribution < -0.4 is 10.5 Å². The van der Waals surface area contributed by atoms with Gasteiger partial charge in [-0.15, -0.1) is 0 Å². The quantitative estimate of drug-likeness (QED) is 0.515. The Labute approximate surface area is 134 Å². The lowest BCUT2D eigenvalue weighted by molar-refractivity contribution is 0.0601. The molecule has 0 radical (unpaired) electrons. The lowest BCUT2D eigenvalue weighted by Gasteiger charge is -2.15. The average molecular weight is 317 g/mol. The van der Waals surface area contributed by atoms with E-state index in [0.717, 1.165) is 5.56 Å². The summed E-state index contributed by atoms with van der Waals surface area (Å²) >= 11 is 0. The van der Waals surface area contributed by atoms with Gasteiger partial charge in [-0.25, -0.2) is 4.79 Å². The minimum atomic E-state index is -0.572. The van der Waals surface area contributed by atoms with Crippen LogP contribution in [0.3, 0.4) is 0 Å². The van der Waals surface area contributed by atoms with E-state index < -0.39 is 5.97 Å². The fourth-order valence-electron chi connectivity index (χ4n) is 2.05. The van der Waals surface area contributed by atoms with Crippen molar-refractivity contribution in [2.75, 3.05) is 12.8 Å². The molecule has 6 nitrogen and oxygen atoms in total. The molecule has 122 valence electrons. The zero-order valence-electron chi connectivity index (χ0n) is 13.0. The average Bonchev–Trinajstić information content (AvgIpc) is 2.53. The van der Waals surface area contributed by atoms with Gasteiger partial charge in [0.1, 0.15) is 6.61 Å². The van der Waals surface area contributed by atoms with E-state index in [-0.39, 0.29) is 34.9 Å². The maximum atomic E-state index is 11.7. The lowest BCUT2D eigenvalue weighted by atomic mass is 10.0. The van der Waals surface area contributed by atoms with Gasteiger partial charge in [0.25, 0.3) is 0 Å². The van der Waals surface area contributed by atoms with Crippen LogP contribution in [0.1, 0.15) is 33.2 Å². The third-order valence-electron chi connectivity index (χ3n) is 3.21. The SMILES string of the molecule is COC(=O)c1ccc(C(C)=O)c(OCc2ccccc2)c1N.O. The second-order valence-corrected chi connectivity index (χ2v) is 4.73. The molecule has 23 heavy (non-hydrogen) atoms. The molecule has 0 amide bonds. The number of methoxy groups -OCH3 is 1. The summed E-state index contributed by atoms with van der Waals surface area (Å²) in [4.78, 5) is 23.4. The van der Waals surface area contributed by atoms with Crippen molar-refractivity contribution in [1.29, 1.82) is 0 Å². The maximum Gasteiger partial charge on any atom is 0.340 e. The van der Waals surface area contributed by atoms with Crippen LogP contribution in [0.4, 0.5) is 5.69 Å². The highest BCUT2D eigenvalue weighted by atomic mass is 16.5. The molecule has 2 rings (SSSR count). The summed E-state index contributed by atoms with van der Waals surface area (Å²) in [5.74, 6) is -0.553. The van der Waals surface area contributed by atoms with Gasteiger partial charge in [0.15, 0.2) is 11.5 Å². The van der Waals surface area contributed by atoms with Crippen molar-refractivity contribution in [3.63, 3.8) is 0 Å². The Balaban J connectivity index is 0.00000264. The lowest BCUT2D eigenvalue weighted by Crippen LogP contribution is -2.11.